The molecule has 2 atom stereocenters. The van der Waals surface area contributed by atoms with Gasteiger partial charge in [-0.05, 0) is 17.5 Å². The summed E-state index contributed by atoms with van der Waals surface area (Å²) in [6.45, 7) is 1.81. The minimum Gasteiger partial charge on any atom is -0.480 e. The lowest BCUT2D eigenvalue weighted by atomic mass is 9.99. The van der Waals surface area contributed by atoms with Crippen LogP contribution in [0.15, 0.2) is 60.7 Å². The first-order valence-corrected chi connectivity index (χ1v) is 7.67. The first-order valence-electron chi connectivity index (χ1n) is 7.67. The second kappa shape index (κ2) is 8.13. The Morgan fingerprint density at radius 2 is 1.39 bits per heavy atom. The molecule has 0 aromatic heterocycles. The van der Waals surface area contributed by atoms with Crippen LogP contribution < -0.4 is 5.32 Å². The molecule has 0 bridgehead atoms. The molecule has 0 saturated heterocycles. The molecule has 2 aromatic carbocycles. The molecule has 0 aliphatic heterocycles. The van der Waals surface area contributed by atoms with Crippen LogP contribution in [-0.4, -0.2) is 23.0 Å². The maximum absolute atomic E-state index is 12.3. The van der Waals surface area contributed by atoms with E-state index >= 15 is 0 Å². The third-order valence-electron chi connectivity index (χ3n) is 3.73. The zero-order valence-electron chi connectivity index (χ0n) is 13.1. The number of nitrogens with one attached hydrogen (secondary N) is 1. The highest BCUT2D eigenvalue weighted by molar-refractivity contribution is 5.85. The van der Waals surface area contributed by atoms with Gasteiger partial charge in [0.05, 0.1) is 0 Å². The van der Waals surface area contributed by atoms with E-state index in [-0.39, 0.29) is 18.2 Å². The number of benzene rings is 2. The number of rotatable bonds is 7. The van der Waals surface area contributed by atoms with E-state index in [4.69, 9.17) is 0 Å². The molecule has 120 valence electrons. The second-order valence-corrected chi connectivity index (χ2v) is 5.68. The van der Waals surface area contributed by atoms with Gasteiger partial charge in [-0.25, -0.2) is 4.79 Å². The number of hydrogen-bond acceptors (Lipinski definition) is 2. The van der Waals surface area contributed by atoms with Crippen molar-refractivity contribution in [2.75, 3.05) is 0 Å². The van der Waals surface area contributed by atoms with E-state index in [0.29, 0.717) is 6.42 Å². The van der Waals surface area contributed by atoms with Crippen molar-refractivity contribution in [3.8, 4) is 0 Å². The Labute approximate surface area is 136 Å². The third-order valence-corrected chi connectivity index (χ3v) is 3.73. The van der Waals surface area contributed by atoms with Crippen LogP contribution in [0.5, 0.6) is 0 Å². The van der Waals surface area contributed by atoms with Crippen LogP contribution >= 0.6 is 0 Å². The van der Waals surface area contributed by atoms with Gasteiger partial charge in [0.2, 0.25) is 5.91 Å². The van der Waals surface area contributed by atoms with Gasteiger partial charge in [0.15, 0.2) is 0 Å². The SMILES string of the molecule is CC(Cc1ccccc1)C(=O)N[C@@H](Cc1ccccc1)C(=O)O. The Morgan fingerprint density at radius 3 is 1.87 bits per heavy atom. The lowest BCUT2D eigenvalue weighted by molar-refractivity contribution is -0.142. The van der Waals surface area contributed by atoms with Crippen LogP contribution in [0.4, 0.5) is 0 Å². The van der Waals surface area contributed by atoms with Gasteiger partial charge in [-0.15, -0.1) is 0 Å². The van der Waals surface area contributed by atoms with Crippen molar-refractivity contribution in [3.05, 3.63) is 71.8 Å². The fourth-order valence-electron chi connectivity index (χ4n) is 2.42. The van der Waals surface area contributed by atoms with Gasteiger partial charge in [0.25, 0.3) is 0 Å². The summed E-state index contributed by atoms with van der Waals surface area (Å²) < 4.78 is 0. The molecule has 4 heteroatoms. The smallest absolute Gasteiger partial charge is 0.326 e. The largest absolute Gasteiger partial charge is 0.480 e. The molecule has 0 spiro atoms. The van der Waals surface area contributed by atoms with Crippen molar-refractivity contribution < 1.29 is 14.7 Å². The van der Waals surface area contributed by atoms with Crippen LogP contribution in [0.1, 0.15) is 18.1 Å². The maximum Gasteiger partial charge on any atom is 0.326 e. The molecule has 0 aliphatic carbocycles. The van der Waals surface area contributed by atoms with E-state index in [9.17, 15) is 14.7 Å². The Bertz CT molecular complexity index is 640. The standard InChI is InChI=1S/C19H21NO3/c1-14(12-15-8-4-2-5-9-15)18(21)20-17(19(22)23)13-16-10-6-3-7-11-16/h2-11,14,17H,12-13H2,1H3,(H,20,21)(H,22,23)/t14?,17-/m0/s1. The normalized spacial score (nSPS) is 13.1. The predicted molar refractivity (Wildman–Crippen MR) is 89.0 cm³/mol. The zero-order valence-corrected chi connectivity index (χ0v) is 13.1. The van der Waals surface area contributed by atoms with Gasteiger partial charge in [0.1, 0.15) is 6.04 Å². The first-order chi connectivity index (χ1) is 11.1. The van der Waals surface area contributed by atoms with E-state index in [0.717, 1.165) is 11.1 Å². The number of hydrogen-bond donors (Lipinski definition) is 2. The summed E-state index contributed by atoms with van der Waals surface area (Å²) >= 11 is 0. The Balaban J connectivity index is 1.96. The van der Waals surface area contributed by atoms with Crippen molar-refractivity contribution in [2.45, 2.75) is 25.8 Å². The average Bonchev–Trinajstić information content (AvgIpc) is 2.56. The predicted octanol–water partition coefficient (Wildman–Crippen LogP) is 2.68. The molecule has 2 aromatic rings. The van der Waals surface area contributed by atoms with E-state index in [1.165, 1.54) is 0 Å². The summed E-state index contributed by atoms with van der Waals surface area (Å²) in [5.74, 6) is -1.54. The molecule has 0 aliphatic rings. The Kier molecular flexibility index (Phi) is 5.92. The van der Waals surface area contributed by atoms with Crippen LogP contribution in [0.2, 0.25) is 0 Å². The highest BCUT2D eigenvalue weighted by Gasteiger charge is 2.23. The molecule has 0 fully saturated rings. The zero-order chi connectivity index (χ0) is 16.7. The Hall–Kier alpha value is -2.62. The van der Waals surface area contributed by atoms with Gasteiger partial charge >= 0.3 is 5.97 Å². The lowest BCUT2D eigenvalue weighted by Crippen LogP contribution is -2.44. The molecule has 23 heavy (non-hydrogen) atoms. The highest BCUT2D eigenvalue weighted by Crippen LogP contribution is 2.10. The minimum absolute atomic E-state index is 0.239. The summed E-state index contributed by atoms with van der Waals surface area (Å²) in [7, 11) is 0. The molecule has 2 N–H and O–H groups in total. The first kappa shape index (κ1) is 16.7. The van der Waals surface area contributed by atoms with Gasteiger partial charge in [-0.2, -0.15) is 0 Å². The quantitative estimate of drug-likeness (QED) is 0.826. The van der Waals surface area contributed by atoms with Crippen molar-refractivity contribution in [1.29, 1.82) is 0 Å². The van der Waals surface area contributed by atoms with Gasteiger partial charge in [0, 0.05) is 12.3 Å². The number of carbonyl (C=O) groups is 2. The van der Waals surface area contributed by atoms with Crippen molar-refractivity contribution in [3.63, 3.8) is 0 Å². The molecule has 4 nitrogen and oxygen atoms in total. The van der Waals surface area contributed by atoms with Crippen LogP contribution in [0.25, 0.3) is 0 Å². The molecule has 1 unspecified atom stereocenters. The van der Waals surface area contributed by atoms with Gasteiger partial charge < -0.3 is 10.4 Å². The number of aliphatic carboxylic acids is 1. The molecule has 0 radical (unpaired) electrons. The summed E-state index contributed by atoms with van der Waals surface area (Å²) in [5, 5.41) is 12.0. The Morgan fingerprint density at radius 1 is 0.913 bits per heavy atom. The third kappa shape index (κ3) is 5.25. The second-order valence-electron chi connectivity index (χ2n) is 5.68. The average molecular weight is 311 g/mol. The molecule has 0 heterocycles. The highest BCUT2D eigenvalue weighted by atomic mass is 16.4. The summed E-state index contributed by atoms with van der Waals surface area (Å²) in [4.78, 5) is 23.7. The fourth-order valence-corrected chi connectivity index (χ4v) is 2.42. The number of carboxylic acid groups (broad SMARTS) is 1. The number of amides is 1. The van der Waals surface area contributed by atoms with Crippen LogP contribution in [0.3, 0.4) is 0 Å². The van der Waals surface area contributed by atoms with Gasteiger partial charge in [-0.3, -0.25) is 4.79 Å². The fraction of sp³-hybridized carbons (Fsp3) is 0.263. The summed E-state index contributed by atoms with van der Waals surface area (Å²) in [6.07, 6.45) is 0.865. The maximum atomic E-state index is 12.3. The topological polar surface area (TPSA) is 66.4 Å². The van der Waals surface area contributed by atoms with E-state index in [1.54, 1.807) is 0 Å². The number of carbonyl (C=O) groups excluding carboxylic acids is 1. The molecule has 1 amide bonds. The molecular weight excluding hydrogens is 290 g/mol. The molecule has 2 rings (SSSR count). The van der Waals surface area contributed by atoms with Crippen molar-refractivity contribution in [1.82, 2.24) is 5.32 Å². The van der Waals surface area contributed by atoms with Gasteiger partial charge in [-0.1, -0.05) is 67.6 Å². The van der Waals surface area contributed by atoms with Crippen molar-refractivity contribution >= 4 is 11.9 Å². The monoisotopic (exact) mass is 311 g/mol. The molecular formula is C19H21NO3. The van der Waals surface area contributed by atoms with E-state index in [2.05, 4.69) is 5.32 Å². The summed E-state index contributed by atoms with van der Waals surface area (Å²) in [6, 6.07) is 18.1. The van der Waals surface area contributed by atoms with E-state index in [1.807, 2.05) is 67.6 Å². The van der Waals surface area contributed by atoms with E-state index < -0.39 is 12.0 Å². The van der Waals surface area contributed by atoms with Crippen molar-refractivity contribution in [2.24, 2.45) is 5.92 Å². The van der Waals surface area contributed by atoms with Crippen LogP contribution in [0, 0.1) is 5.92 Å². The molecule has 0 saturated carbocycles. The summed E-state index contributed by atoms with van der Waals surface area (Å²) in [5.41, 5.74) is 1.95. The minimum atomic E-state index is -1.02. The number of carboxylic acids is 1. The lowest BCUT2D eigenvalue weighted by Gasteiger charge is -2.18. The van der Waals surface area contributed by atoms with Crippen LogP contribution in [-0.2, 0) is 22.4 Å².